The normalized spacial score (nSPS) is 11.8. The maximum absolute atomic E-state index is 8.68. The smallest absolute Gasteiger partial charge is 0.170 e. The van der Waals surface area contributed by atoms with E-state index in [9.17, 15) is 0 Å². The highest BCUT2D eigenvalue weighted by atomic mass is 16.4. The Morgan fingerprint density at radius 1 is 1.48 bits per heavy atom. The standard InChI is InChI=1S/C15H21N5O/c1-11-7-13(15(16)19-21)3-4-14(11)9-17-6-5-12-8-18-20(2)10-12/h3-4,7-8,10,17,21H,5-6,9H2,1-2H3,(H2,16,19). The maximum Gasteiger partial charge on any atom is 0.170 e. The molecule has 1 aromatic carbocycles. The van der Waals surface area contributed by atoms with E-state index in [-0.39, 0.29) is 5.84 Å². The molecule has 0 atom stereocenters. The van der Waals surface area contributed by atoms with Gasteiger partial charge in [0, 0.05) is 25.4 Å². The van der Waals surface area contributed by atoms with Crippen LogP contribution in [-0.4, -0.2) is 27.4 Å². The average molecular weight is 287 g/mol. The van der Waals surface area contributed by atoms with Gasteiger partial charge >= 0.3 is 0 Å². The van der Waals surface area contributed by atoms with Gasteiger partial charge in [0.25, 0.3) is 0 Å². The SMILES string of the molecule is Cc1cc(/C(N)=N/O)ccc1CNCCc1cnn(C)c1. The van der Waals surface area contributed by atoms with Crippen LogP contribution < -0.4 is 11.1 Å². The largest absolute Gasteiger partial charge is 0.409 e. The van der Waals surface area contributed by atoms with Crippen molar-refractivity contribution in [3.05, 3.63) is 52.8 Å². The summed E-state index contributed by atoms with van der Waals surface area (Å²) in [6.07, 6.45) is 4.87. The predicted molar refractivity (Wildman–Crippen MR) is 82.3 cm³/mol. The quantitative estimate of drug-likeness (QED) is 0.244. The lowest BCUT2D eigenvalue weighted by Gasteiger charge is -2.09. The van der Waals surface area contributed by atoms with Gasteiger partial charge in [0.15, 0.2) is 5.84 Å². The van der Waals surface area contributed by atoms with Gasteiger partial charge in [0.05, 0.1) is 6.20 Å². The van der Waals surface area contributed by atoms with Gasteiger partial charge in [-0.2, -0.15) is 5.10 Å². The summed E-state index contributed by atoms with van der Waals surface area (Å²) < 4.78 is 1.81. The summed E-state index contributed by atoms with van der Waals surface area (Å²) in [7, 11) is 1.92. The van der Waals surface area contributed by atoms with E-state index in [1.165, 1.54) is 11.1 Å². The third-order valence-corrected chi connectivity index (χ3v) is 3.41. The lowest BCUT2D eigenvalue weighted by atomic mass is 10.0. The Kier molecular flexibility index (Phi) is 4.94. The molecule has 1 heterocycles. The second-order valence-electron chi connectivity index (χ2n) is 5.08. The Hall–Kier alpha value is -2.34. The Morgan fingerprint density at radius 3 is 2.90 bits per heavy atom. The number of hydrogen-bond donors (Lipinski definition) is 3. The zero-order valence-corrected chi connectivity index (χ0v) is 12.4. The molecule has 6 heteroatoms. The summed E-state index contributed by atoms with van der Waals surface area (Å²) in [5.74, 6) is 0.134. The van der Waals surface area contributed by atoms with Crippen molar-refractivity contribution in [1.82, 2.24) is 15.1 Å². The number of nitrogens with zero attached hydrogens (tertiary/aromatic N) is 3. The van der Waals surface area contributed by atoms with Crippen LogP contribution in [0.2, 0.25) is 0 Å². The minimum absolute atomic E-state index is 0.134. The molecule has 21 heavy (non-hydrogen) atoms. The van der Waals surface area contributed by atoms with Crippen molar-refractivity contribution in [3.63, 3.8) is 0 Å². The second-order valence-corrected chi connectivity index (χ2v) is 5.08. The van der Waals surface area contributed by atoms with Crippen LogP contribution in [0.4, 0.5) is 0 Å². The van der Waals surface area contributed by atoms with Crippen molar-refractivity contribution >= 4 is 5.84 Å². The van der Waals surface area contributed by atoms with Crippen molar-refractivity contribution in [1.29, 1.82) is 0 Å². The number of nitrogens with one attached hydrogen (secondary N) is 1. The number of hydrogen-bond acceptors (Lipinski definition) is 4. The summed E-state index contributed by atoms with van der Waals surface area (Å²) in [4.78, 5) is 0. The van der Waals surface area contributed by atoms with Crippen LogP contribution in [0, 0.1) is 6.92 Å². The third-order valence-electron chi connectivity index (χ3n) is 3.41. The lowest BCUT2D eigenvalue weighted by Crippen LogP contribution is -2.18. The van der Waals surface area contributed by atoms with Crippen molar-refractivity contribution < 1.29 is 5.21 Å². The number of rotatable bonds is 6. The van der Waals surface area contributed by atoms with Crippen LogP contribution >= 0.6 is 0 Å². The van der Waals surface area contributed by atoms with Crippen molar-refractivity contribution in [2.24, 2.45) is 17.9 Å². The summed E-state index contributed by atoms with van der Waals surface area (Å²) in [5.41, 5.74) is 9.86. The molecule has 2 aromatic rings. The zero-order chi connectivity index (χ0) is 15.2. The fourth-order valence-electron chi connectivity index (χ4n) is 2.17. The van der Waals surface area contributed by atoms with E-state index in [2.05, 4.69) is 15.6 Å². The fraction of sp³-hybridized carbons (Fsp3) is 0.333. The lowest BCUT2D eigenvalue weighted by molar-refractivity contribution is 0.318. The van der Waals surface area contributed by atoms with E-state index >= 15 is 0 Å². The van der Waals surface area contributed by atoms with E-state index in [0.29, 0.717) is 0 Å². The molecule has 112 valence electrons. The first kappa shape index (κ1) is 15.1. The summed E-state index contributed by atoms with van der Waals surface area (Å²) >= 11 is 0. The highest BCUT2D eigenvalue weighted by Gasteiger charge is 2.03. The molecule has 1 aromatic heterocycles. The molecule has 0 radical (unpaired) electrons. The molecular formula is C15H21N5O. The van der Waals surface area contributed by atoms with Gasteiger partial charge < -0.3 is 16.3 Å². The second kappa shape index (κ2) is 6.90. The molecule has 6 nitrogen and oxygen atoms in total. The highest BCUT2D eigenvalue weighted by molar-refractivity contribution is 5.97. The van der Waals surface area contributed by atoms with Gasteiger partial charge in [-0.05, 0) is 42.6 Å². The molecule has 0 amide bonds. The number of oxime groups is 1. The van der Waals surface area contributed by atoms with Gasteiger partial charge in [0.1, 0.15) is 0 Å². The van der Waals surface area contributed by atoms with Gasteiger partial charge in [-0.1, -0.05) is 17.3 Å². The van der Waals surface area contributed by atoms with Crippen LogP contribution in [0.25, 0.3) is 0 Å². The van der Waals surface area contributed by atoms with Crippen molar-refractivity contribution in [2.75, 3.05) is 6.54 Å². The monoisotopic (exact) mass is 287 g/mol. The molecule has 4 N–H and O–H groups in total. The van der Waals surface area contributed by atoms with E-state index in [1.54, 1.807) is 0 Å². The van der Waals surface area contributed by atoms with E-state index in [0.717, 1.165) is 30.6 Å². The minimum atomic E-state index is 0.134. The van der Waals surface area contributed by atoms with Crippen LogP contribution in [0.3, 0.4) is 0 Å². The number of nitrogens with two attached hydrogens (primary N) is 1. The fourth-order valence-corrected chi connectivity index (χ4v) is 2.17. The Balaban J connectivity index is 1.86. The number of aromatic nitrogens is 2. The van der Waals surface area contributed by atoms with Gasteiger partial charge in [-0.15, -0.1) is 0 Å². The molecule has 2 rings (SSSR count). The predicted octanol–water partition coefficient (Wildman–Crippen LogP) is 1.16. The van der Waals surface area contributed by atoms with Crippen molar-refractivity contribution in [2.45, 2.75) is 19.9 Å². The minimum Gasteiger partial charge on any atom is -0.409 e. The zero-order valence-electron chi connectivity index (χ0n) is 12.4. The Bertz CT molecular complexity index is 633. The highest BCUT2D eigenvalue weighted by Crippen LogP contribution is 2.11. The van der Waals surface area contributed by atoms with Crippen molar-refractivity contribution in [3.8, 4) is 0 Å². The van der Waals surface area contributed by atoms with Crippen LogP contribution in [0.15, 0.2) is 35.7 Å². The topological polar surface area (TPSA) is 88.5 Å². The van der Waals surface area contributed by atoms with Crippen LogP contribution in [-0.2, 0) is 20.0 Å². The van der Waals surface area contributed by atoms with E-state index < -0.39 is 0 Å². The molecule has 0 spiro atoms. The first-order valence-corrected chi connectivity index (χ1v) is 6.86. The summed E-state index contributed by atoms with van der Waals surface area (Å²) in [5, 5.41) is 19.2. The molecule has 0 aliphatic heterocycles. The van der Waals surface area contributed by atoms with E-state index in [4.69, 9.17) is 10.9 Å². The molecule has 0 aliphatic rings. The molecule has 0 saturated carbocycles. The average Bonchev–Trinajstić information content (AvgIpc) is 2.89. The molecule has 0 aliphatic carbocycles. The number of benzene rings is 1. The molecule has 0 unspecified atom stereocenters. The third kappa shape index (κ3) is 4.06. The van der Waals surface area contributed by atoms with E-state index in [1.807, 2.05) is 49.2 Å². The summed E-state index contributed by atoms with van der Waals surface area (Å²) in [6.45, 7) is 3.71. The van der Waals surface area contributed by atoms with Gasteiger partial charge in [-0.25, -0.2) is 0 Å². The molecule has 0 saturated heterocycles. The number of amidine groups is 1. The Morgan fingerprint density at radius 2 is 2.29 bits per heavy atom. The molecule has 0 bridgehead atoms. The Labute approximate surface area is 124 Å². The van der Waals surface area contributed by atoms with Crippen LogP contribution in [0.1, 0.15) is 22.3 Å². The molecular weight excluding hydrogens is 266 g/mol. The summed E-state index contributed by atoms with van der Waals surface area (Å²) in [6, 6.07) is 5.78. The maximum atomic E-state index is 8.68. The first-order valence-electron chi connectivity index (χ1n) is 6.86. The first-order chi connectivity index (χ1) is 10.1. The van der Waals surface area contributed by atoms with Crippen LogP contribution in [0.5, 0.6) is 0 Å². The van der Waals surface area contributed by atoms with Gasteiger partial charge in [0.2, 0.25) is 0 Å². The molecule has 0 fully saturated rings. The van der Waals surface area contributed by atoms with Gasteiger partial charge in [-0.3, -0.25) is 4.68 Å². The number of aryl methyl sites for hydroxylation is 2.